The van der Waals surface area contributed by atoms with Crippen molar-refractivity contribution < 1.29 is 27.5 Å². The molecule has 1 aliphatic rings. The van der Waals surface area contributed by atoms with Crippen LogP contribution in [0.5, 0.6) is 0 Å². The van der Waals surface area contributed by atoms with Crippen LogP contribution in [0.25, 0.3) is 0 Å². The van der Waals surface area contributed by atoms with Gasteiger partial charge in [-0.05, 0) is 0 Å². The summed E-state index contributed by atoms with van der Waals surface area (Å²) in [6.45, 7) is -2.17. The van der Waals surface area contributed by atoms with Crippen LogP contribution in [0.4, 0.5) is 13.2 Å². The molecule has 1 fully saturated rings. The van der Waals surface area contributed by atoms with Crippen molar-refractivity contribution in [2.24, 2.45) is 7.05 Å². The molecule has 1 unspecified atom stereocenters. The van der Waals surface area contributed by atoms with E-state index in [4.69, 9.17) is 4.74 Å². The highest BCUT2D eigenvalue weighted by atomic mass is 19.4. The zero-order chi connectivity index (χ0) is 16.5. The van der Waals surface area contributed by atoms with Gasteiger partial charge in [0.15, 0.2) is 6.10 Å². The lowest BCUT2D eigenvalue weighted by molar-refractivity contribution is -0.158. The molecule has 1 aliphatic heterocycles. The van der Waals surface area contributed by atoms with Gasteiger partial charge in [-0.25, -0.2) is 0 Å². The number of hydrogen-bond acceptors (Lipinski definition) is 4. The summed E-state index contributed by atoms with van der Waals surface area (Å²) in [5.74, 6) is -1.32. The Kier molecular flexibility index (Phi) is 4.40. The van der Waals surface area contributed by atoms with E-state index in [2.05, 4.69) is 5.10 Å². The minimum Gasteiger partial charge on any atom is -0.367 e. The number of carbonyl (C=O) groups excluding carboxylic acids is 2. The molecule has 1 aromatic heterocycles. The van der Waals surface area contributed by atoms with E-state index in [1.165, 1.54) is 18.0 Å². The predicted octanol–water partition coefficient (Wildman–Crippen LogP) is 0.298. The Balaban J connectivity index is 2.08. The van der Waals surface area contributed by atoms with E-state index in [-0.39, 0.29) is 0 Å². The van der Waals surface area contributed by atoms with Crippen LogP contribution in [0, 0.1) is 0 Å². The summed E-state index contributed by atoms with van der Waals surface area (Å²) in [4.78, 5) is 25.6. The van der Waals surface area contributed by atoms with Crippen LogP contribution in [0.1, 0.15) is 11.7 Å². The van der Waals surface area contributed by atoms with Crippen LogP contribution in [-0.2, 0) is 21.4 Å². The summed E-state index contributed by atoms with van der Waals surface area (Å²) in [5, 5.41) is 3.91. The first kappa shape index (κ1) is 16.3. The number of nitrogens with zero attached hydrogens (tertiary/aromatic N) is 4. The molecule has 2 rings (SSSR count). The average Bonchev–Trinajstić information content (AvgIpc) is 2.96. The van der Waals surface area contributed by atoms with E-state index >= 15 is 0 Å². The molecular weight excluding hydrogens is 305 g/mol. The number of ether oxygens (including phenoxy) is 1. The zero-order valence-corrected chi connectivity index (χ0v) is 12.0. The van der Waals surface area contributed by atoms with Gasteiger partial charge in [-0.15, -0.1) is 0 Å². The molecular formula is C12H15F3N4O3. The summed E-state index contributed by atoms with van der Waals surface area (Å²) in [6, 6.07) is 0. The molecule has 122 valence electrons. The van der Waals surface area contributed by atoms with Gasteiger partial charge in [0, 0.05) is 25.9 Å². The summed E-state index contributed by atoms with van der Waals surface area (Å²) >= 11 is 0. The van der Waals surface area contributed by atoms with E-state index in [0.29, 0.717) is 10.5 Å². The van der Waals surface area contributed by atoms with E-state index in [1.807, 2.05) is 0 Å². The molecule has 1 saturated heterocycles. The molecule has 0 N–H and O–H groups in total. The fourth-order valence-corrected chi connectivity index (χ4v) is 2.22. The number of amides is 2. The van der Waals surface area contributed by atoms with E-state index in [9.17, 15) is 22.8 Å². The molecule has 0 aromatic carbocycles. The largest absolute Gasteiger partial charge is 0.406 e. The van der Waals surface area contributed by atoms with Crippen LogP contribution in [0.3, 0.4) is 0 Å². The normalized spacial score (nSPS) is 17.2. The predicted molar refractivity (Wildman–Crippen MR) is 67.3 cm³/mol. The molecule has 2 amide bonds. The standard InChI is InChI=1S/C12H15F3N4O3/c1-17-4-8(3-16-17)10(22-2)11(21)18-5-9(20)19(7-18)6-12(13,14)15/h3-4,10H,5-7H2,1-2H3. The van der Waals surface area contributed by atoms with Crippen molar-refractivity contribution in [2.75, 3.05) is 26.9 Å². The van der Waals surface area contributed by atoms with Crippen molar-refractivity contribution in [3.63, 3.8) is 0 Å². The van der Waals surface area contributed by atoms with Crippen molar-refractivity contribution in [1.82, 2.24) is 19.6 Å². The number of rotatable bonds is 4. The second-order valence-corrected chi connectivity index (χ2v) is 4.95. The first-order chi connectivity index (χ1) is 10.2. The smallest absolute Gasteiger partial charge is 0.367 e. The van der Waals surface area contributed by atoms with Gasteiger partial charge in [0.05, 0.1) is 12.9 Å². The maximum Gasteiger partial charge on any atom is 0.406 e. The lowest BCUT2D eigenvalue weighted by Gasteiger charge is -2.22. The van der Waals surface area contributed by atoms with Crippen LogP contribution in [0.15, 0.2) is 12.4 Å². The number of halogens is 3. The zero-order valence-electron chi connectivity index (χ0n) is 12.0. The second-order valence-electron chi connectivity index (χ2n) is 4.95. The van der Waals surface area contributed by atoms with Crippen molar-refractivity contribution in [1.29, 1.82) is 0 Å². The van der Waals surface area contributed by atoms with Gasteiger partial charge >= 0.3 is 6.18 Å². The summed E-state index contributed by atoms with van der Waals surface area (Å²) < 4.78 is 43.7. The van der Waals surface area contributed by atoms with Crippen LogP contribution in [0.2, 0.25) is 0 Å². The third-order valence-corrected chi connectivity index (χ3v) is 3.19. The van der Waals surface area contributed by atoms with Crippen molar-refractivity contribution in [2.45, 2.75) is 12.3 Å². The van der Waals surface area contributed by atoms with Crippen molar-refractivity contribution in [3.05, 3.63) is 18.0 Å². The van der Waals surface area contributed by atoms with Gasteiger partial charge in [-0.3, -0.25) is 14.3 Å². The molecule has 7 nitrogen and oxygen atoms in total. The minimum absolute atomic E-state index is 0.394. The monoisotopic (exact) mass is 320 g/mol. The fraction of sp³-hybridized carbons (Fsp3) is 0.583. The molecule has 0 radical (unpaired) electrons. The topological polar surface area (TPSA) is 67.7 Å². The number of alkyl halides is 3. The molecule has 0 spiro atoms. The highest BCUT2D eigenvalue weighted by Crippen LogP contribution is 2.23. The van der Waals surface area contributed by atoms with E-state index in [0.717, 1.165) is 4.90 Å². The SMILES string of the molecule is COC(C(=O)N1CC(=O)N(CC(F)(F)F)C1)c1cnn(C)c1. The molecule has 2 heterocycles. The minimum atomic E-state index is -4.50. The lowest BCUT2D eigenvalue weighted by atomic mass is 10.2. The molecule has 1 atom stereocenters. The summed E-state index contributed by atoms with van der Waals surface area (Å²) in [5.41, 5.74) is 0.469. The molecule has 0 bridgehead atoms. The Bertz CT molecular complexity index is 572. The lowest BCUT2D eigenvalue weighted by Crippen LogP contribution is -2.38. The van der Waals surface area contributed by atoms with Gasteiger partial charge in [0.2, 0.25) is 5.91 Å². The molecule has 1 aromatic rings. The number of hydrogen-bond donors (Lipinski definition) is 0. The van der Waals surface area contributed by atoms with Crippen LogP contribution in [-0.4, -0.2) is 64.4 Å². The highest BCUT2D eigenvalue weighted by molar-refractivity contribution is 5.90. The average molecular weight is 320 g/mol. The van der Waals surface area contributed by atoms with Crippen molar-refractivity contribution in [3.8, 4) is 0 Å². The van der Waals surface area contributed by atoms with Gasteiger partial charge in [-0.1, -0.05) is 0 Å². The van der Waals surface area contributed by atoms with Crippen LogP contribution < -0.4 is 0 Å². The number of aryl methyl sites for hydroxylation is 1. The van der Waals surface area contributed by atoms with Gasteiger partial charge in [0.1, 0.15) is 13.1 Å². The van der Waals surface area contributed by atoms with Crippen molar-refractivity contribution >= 4 is 11.8 Å². The Labute approximate surface area is 124 Å². The first-order valence-corrected chi connectivity index (χ1v) is 6.36. The summed E-state index contributed by atoms with van der Waals surface area (Å²) in [7, 11) is 2.96. The summed E-state index contributed by atoms with van der Waals surface area (Å²) in [6.07, 6.45) is -2.51. The highest BCUT2D eigenvalue weighted by Gasteiger charge is 2.40. The Morgan fingerprint density at radius 3 is 2.68 bits per heavy atom. The quantitative estimate of drug-likeness (QED) is 0.800. The number of aromatic nitrogens is 2. The molecule has 22 heavy (non-hydrogen) atoms. The second kappa shape index (κ2) is 5.95. The van der Waals surface area contributed by atoms with Crippen LogP contribution >= 0.6 is 0 Å². The van der Waals surface area contributed by atoms with E-state index in [1.54, 1.807) is 13.2 Å². The van der Waals surface area contributed by atoms with E-state index < -0.39 is 43.9 Å². The third kappa shape index (κ3) is 3.56. The van der Waals surface area contributed by atoms with Gasteiger partial charge in [0.25, 0.3) is 5.91 Å². The fourth-order valence-electron chi connectivity index (χ4n) is 2.22. The Morgan fingerprint density at radius 1 is 1.50 bits per heavy atom. The third-order valence-electron chi connectivity index (χ3n) is 3.19. The number of methoxy groups -OCH3 is 1. The van der Waals surface area contributed by atoms with Gasteiger partial charge < -0.3 is 14.5 Å². The maximum atomic E-state index is 12.4. The first-order valence-electron chi connectivity index (χ1n) is 6.36. The molecule has 0 aliphatic carbocycles. The Morgan fingerprint density at radius 2 is 2.18 bits per heavy atom. The van der Waals surface area contributed by atoms with Gasteiger partial charge in [-0.2, -0.15) is 18.3 Å². The number of carbonyl (C=O) groups is 2. The molecule has 0 saturated carbocycles. The molecule has 10 heteroatoms. The Hall–Kier alpha value is -2.10. The maximum absolute atomic E-state index is 12.4.